The summed E-state index contributed by atoms with van der Waals surface area (Å²) in [5.41, 5.74) is 0. The Hall–Kier alpha value is -0.760. The van der Waals surface area contributed by atoms with E-state index >= 15 is 0 Å². The van der Waals surface area contributed by atoms with Gasteiger partial charge in [0.05, 0.1) is 12.3 Å². The summed E-state index contributed by atoms with van der Waals surface area (Å²) in [5, 5.41) is 3.78. The molecule has 1 N–H and O–H groups in total. The molecule has 0 aliphatic heterocycles. The van der Waals surface area contributed by atoms with E-state index in [2.05, 4.69) is 32.2 Å². The highest BCUT2D eigenvalue weighted by atomic mass is 16.3. The summed E-state index contributed by atoms with van der Waals surface area (Å²) in [5.74, 6) is 2.79. The predicted octanol–water partition coefficient (Wildman–Crippen LogP) is 4.15. The molecule has 96 valence electrons. The highest BCUT2D eigenvalue weighted by Crippen LogP contribution is 2.30. The van der Waals surface area contributed by atoms with Gasteiger partial charge in [0.15, 0.2) is 0 Å². The lowest BCUT2D eigenvalue weighted by Gasteiger charge is -2.34. The smallest absolute Gasteiger partial charge is 0.120 e. The Labute approximate surface area is 105 Å². The SMILES string of the molecule is CCC(NC1CC(C)CC(C)C1)c1ccco1. The summed E-state index contributed by atoms with van der Waals surface area (Å²) in [6, 6.07) is 5.10. The van der Waals surface area contributed by atoms with Gasteiger partial charge in [-0.05, 0) is 49.7 Å². The fourth-order valence-electron chi connectivity index (χ4n) is 3.26. The summed E-state index contributed by atoms with van der Waals surface area (Å²) in [6.45, 7) is 6.96. The standard InChI is InChI=1S/C15H25NO/c1-4-14(15-6-5-7-17-15)16-13-9-11(2)8-12(3)10-13/h5-7,11-14,16H,4,8-10H2,1-3H3. The first-order chi connectivity index (χ1) is 8.19. The molecule has 3 atom stereocenters. The molecule has 1 aliphatic carbocycles. The zero-order valence-electron chi connectivity index (χ0n) is 11.3. The monoisotopic (exact) mass is 235 g/mol. The third kappa shape index (κ3) is 3.35. The normalized spacial score (nSPS) is 31.4. The van der Waals surface area contributed by atoms with Crippen molar-refractivity contribution >= 4 is 0 Å². The van der Waals surface area contributed by atoms with E-state index in [0.717, 1.165) is 24.0 Å². The Morgan fingerprint density at radius 2 is 2.00 bits per heavy atom. The van der Waals surface area contributed by atoms with E-state index in [4.69, 9.17) is 4.42 Å². The average molecular weight is 235 g/mol. The molecule has 17 heavy (non-hydrogen) atoms. The van der Waals surface area contributed by atoms with E-state index < -0.39 is 0 Å². The third-order valence-electron chi connectivity index (χ3n) is 3.91. The van der Waals surface area contributed by atoms with Crippen LogP contribution in [0.15, 0.2) is 22.8 Å². The topological polar surface area (TPSA) is 25.2 Å². The van der Waals surface area contributed by atoms with Crippen LogP contribution in [0.2, 0.25) is 0 Å². The summed E-state index contributed by atoms with van der Waals surface area (Å²) in [4.78, 5) is 0. The maximum absolute atomic E-state index is 5.52. The van der Waals surface area contributed by atoms with Crippen molar-refractivity contribution in [1.82, 2.24) is 5.32 Å². The number of hydrogen-bond acceptors (Lipinski definition) is 2. The minimum absolute atomic E-state index is 0.382. The molecule has 1 aliphatic rings. The molecular weight excluding hydrogens is 210 g/mol. The molecule has 1 saturated carbocycles. The highest BCUT2D eigenvalue weighted by Gasteiger charge is 2.26. The third-order valence-corrected chi connectivity index (χ3v) is 3.91. The molecule has 1 fully saturated rings. The molecule has 0 bridgehead atoms. The van der Waals surface area contributed by atoms with Crippen molar-refractivity contribution in [1.29, 1.82) is 0 Å². The minimum atomic E-state index is 0.382. The van der Waals surface area contributed by atoms with Crippen LogP contribution in [0, 0.1) is 11.8 Å². The van der Waals surface area contributed by atoms with E-state index in [-0.39, 0.29) is 0 Å². The van der Waals surface area contributed by atoms with Crippen LogP contribution in [-0.2, 0) is 0 Å². The van der Waals surface area contributed by atoms with Gasteiger partial charge in [-0.2, -0.15) is 0 Å². The summed E-state index contributed by atoms with van der Waals surface area (Å²) >= 11 is 0. The zero-order valence-corrected chi connectivity index (χ0v) is 11.3. The van der Waals surface area contributed by atoms with Gasteiger partial charge in [-0.3, -0.25) is 0 Å². The van der Waals surface area contributed by atoms with Gasteiger partial charge in [0.25, 0.3) is 0 Å². The largest absolute Gasteiger partial charge is 0.468 e. The molecule has 0 radical (unpaired) electrons. The fraction of sp³-hybridized carbons (Fsp3) is 0.733. The van der Waals surface area contributed by atoms with Crippen molar-refractivity contribution < 1.29 is 4.42 Å². The number of rotatable bonds is 4. The van der Waals surface area contributed by atoms with E-state index in [9.17, 15) is 0 Å². The quantitative estimate of drug-likeness (QED) is 0.848. The second-order valence-electron chi connectivity index (χ2n) is 5.76. The maximum Gasteiger partial charge on any atom is 0.120 e. The summed E-state index contributed by atoms with van der Waals surface area (Å²) < 4.78 is 5.52. The molecule has 1 aromatic rings. The van der Waals surface area contributed by atoms with Gasteiger partial charge in [0.2, 0.25) is 0 Å². The lowest BCUT2D eigenvalue weighted by atomic mass is 9.80. The molecule has 3 unspecified atom stereocenters. The van der Waals surface area contributed by atoms with Crippen LogP contribution in [0.3, 0.4) is 0 Å². The van der Waals surface area contributed by atoms with Gasteiger partial charge >= 0.3 is 0 Å². The second kappa shape index (κ2) is 5.72. The van der Waals surface area contributed by atoms with E-state index in [1.54, 1.807) is 6.26 Å². The maximum atomic E-state index is 5.52. The first-order valence-corrected chi connectivity index (χ1v) is 6.98. The first kappa shape index (κ1) is 12.7. The Morgan fingerprint density at radius 1 is 1.29 bits per heavy atom. The van der Waals surface area contributed by atoms with Crippen molar-refractivity contribution in [2.24, 2.45) is 11.8 Å². The van der Waals surface area contributed by atoms with Crippen LogP contribution in [0.4, 0.5) is 0 Å². The van der Waals surface area contributed by atoms with Crippen LogP contribution in [0.5, 0.6) is 0 Å². The molecule has 0 amide bonds. The summed E-state index contributed by atoms with van der Waals surface area (Å²) in [6.07, 6.45) is 6.86. The van der Waals surface area contributed by atoms with Gasteiger partial charge in [-0.25, -0.2) is 0 Å². The highest BCUT2D eigenvalue weighted by molar-refractivity contribution is 5.04. The molecule has 2 nitrogen and oxygen atoms in total. The minimum Gasteiger partial charge on any atom is -0.468 e. The van der Waals surface area contributed by atoms with Crippen molar-refractivity contribution in [3.05, 3.63) is 24.2 Å². The van der Waals surface area contributed by atoms with Crippen molar-refractivity contribution in [2.45, 2.75) is 58.5 Å². The molecule has 0 aromatic carbocycles. The zero-order chi connectivity index (χ0) is 12.3. The summed E-state index contributed by atoms with van der Waals surface area (Å²) in [7, 11) is 0. The Morgan fingerprint density at radius 3 is 2.53 bits per heavy atom. The van der Waals surface area contributed by atoms with Gasteiger partial charge in [0.1, 0.15) is 5.76 Å². The molecule has 1 heterocycles. The lowest BCUT2D eigenvalue weighted by Crippen LogP contribution is -2.38. The number of furan rings is 1. The van der Waals surface area contributed by atoms with Gasteiger partial charge in [-0.1, -0.05) is 20.8 Å². The van der Waals surface area contributed by atoms with Crippen LogP contribution in [0.25, 0.3) is 0 Å². The predicted molar refractivity (Wildman–Crippen MR) is 70.8 cm³/mol. The first-order valence-electron chi connectivity index (χ1n) is 6.98. The fourth-order valence-corrected chi connectivity index (χ4v) is 3.26. The van der Waals surface area contributed by atoms with Crippen LogP contribution >= 0.6 is 0 Å². The molecule has 0 saturated heterocycles. The van der Waals surface area contributed by atoms with E-state index in [0.29, 0.717) is 12.1 Å². The van der Waals surface area contributed by atoms with Gasteiger partial charge in [-0.15, -0.1) is 0 Å². The van der Waals surface area contributed by atoms with Crippen LogP contribution in [0.1, 0.15) is 58.3 Å². The Kier molecular flexibility index (Phi) is 4.27. The van der Waals surface area contributed by atoms with Gasteiger partial charge < -0.3 is 9.73 Å². The molecule has 2 heteroatoms. The van der Waals surface area contributed by atoms with Crippen LogP contribution in [-0.4, -0.2) is 6.04 Å². The van der Waals surface area contributed by atoms with Crippen molar-refractivity contribution in [3.8, 4) is 0 Å². The average Bonchev–Trinajstić information content (AvgIpc) is 2.77. The molecular formula is C15H25NO. The Balaban J connectivity index is 1.94. The van der Waals surface area contributed by atoms with Crippen LogP contribution < -0.4 is 5.32 Å². The number of hydrogen-bond donors (Lipinski definition) is 1. The number of nitrogens with one attached hydrogen (secondary N) is 1. The van der Waals surface area contributed by atoms with Crippen molar-refractivity contribution in [3.63, 3.8) is 0 Å². The second-order valence-corrected chi connectivity index (χ2v) is 5.76. The lowest BCUT2D eigenvalue weighted by molar-refractivity contribution is 0.217. The molecule has 2 rings (SSSR count). The van der Waals surface area contributed by atoms with E-state index in [1.165, 1.54) is 19.3 Å². The Bertz CT molecular complexity index is 310. The van der Waals surface area contributed by atoms with Gasteiger partial charge in [0, 0.05) is 6.04 Å². The molecule has 0 spiro atoms. The molecule has 1 aromatic heterocycles. The van der Waals surface area contributed by atoms with E-state index in [1.807, 2.05) is 6.07 Å². The van der Waals surface area contributed by atoms with Crippen molar-refractivity contribution in [2.75, 3.05) is 0 Å².